The molecule has 0 amide bonds. The topological polar surface area (TPSA) is 37.2 Å². The zero-order valence-electron chi connectivity index (χ0n) is 11.8. The highest BCUT2D eigenvalue weighted by atomic mass is 15.4. The van der Waals surface area contributed by atoms with Gasteiger partial charge in [-0.25, -0.2) is 0 Å². The van der Waals surface area contributed by atoms with Crippen molar-refractivity contribution in [2.75, 3.05) is 13.1 Å². The lowest BCUT2D eigenvalue weighted by atomic mass is 9.84. The number of rotatable bonds is 2. The van der Waals surface area contributed by atoms with Gasteiger partial charge >= 0.3 is 0 Å². The smallest absolute Gasteiger partial charge is 0.0967 e. The monoisotopic (exact) mass is 249 g/mol. The van der Waals surface area contributed by atoms with Crippen molar-refractivity contribution >= 4 is 0 Å². The van der Waals surface area contributed by atoms with E-state index < -0.39 is 0 Å². The van der Waals surface area contributed by atoms with Gasteiger partial charge in [-0.3, -0.25) is 14.5 Å². The second kappa shape index (κ2) is 4.03. The minimum absolute atomic E-state index is 0.301. The molecule has 2 bridgehead atoms. The lowest BCUT2D eigenvalue weighted by Crippen LogP contribution is -2.70. The molecule has 0 aliphatic carbocycles. The summed E-state index contributed by atoms with van der Waals surface area (Å²) in [6.07, 6.45) is 3.38. The Labute approximate surface area is 109 Å². The van der Waals surface area contributed by atoms with E-state index in [0.29, 0.717) is 17.6 Å². The maximum Gasteiger partial charge on any atom is 0.0967 e. The van der Waals surface area contributed by atoms with E-state index in [1.165, 1.54) is 19.5 Å². The summed E-state index contributed by atoms with van der Waals surface area (Å²) in [5, 5.41) is 8.20. The van der Waals surface area contributed by atoms with Gasteiger partial charge in [0.2, 0.25) is 0 Å². The molecular weight excluding hydrogens is 226 g/mol. The number of hydrogen-bond donors (Lipinski definition) is 0. The molecule has 1 aromatic heterocycles. The van der Waals surface area contributed by atoms with Gasteiger partial charge < -0.3 is 0 Å². The van der Waals surface area contributed by atoms with Crippen molar-refractivity contribution in [1.29, 1.82) is 0 Å². The Balaban J connectivity index is 1.62. The molecule has 0 radical (unpaired) electrons. The maximum atomic E-state index is 4.19. The third-order valence-electron chi connectivity index (χ3n) is 4.29. The molecule has 2 fully saturated rings. The third-order valence-corrected chi connectivity index (χ3v) is 4.29. The Hall–Kier alpha value is -0.940. The molecule has 0 spiro atoms. The van der Waals surface area contributed by atoms with Crippen molar-refractivity contribution in [1.82, 2.24) is 24.8 Å². The second-order valence-corrected chi connectivity index (χ2v) is 6.68. The average Bonchev–Trinajstić information content (AvgIpc) is 2.71. The van der Waals surface area contributed by atoms with E-state index in [2.05, 4.69) is 40.9 Å². The largest absolute Gasteiger partial charge is 0.295 e. The fraction of sp³-hybridized carbons (Fsp3) is 0.846. The van der Waals surface area contributed by atoms with Crippen LogP contribution in [0.2, 0.25) is 0 Å². The van der Waals surface area contributed by atoms with Gasteiger partial charge in [0, 0.05) is 50.5 Å². The molecule has 0 aromatic carbocycles. The summed E-state index contributed by atoms with van der Waals surface area (Å²) in [6.45, 7) is 10.3. The van der Waals surface area contributed by atoms with E-state index >= 15 is 0 Å². The lowest BCUT2D eigenvalue weighted by Gasteiger charge is -2.59. The minimum atomic E-state index is 0.301. The van der Waals surface area contributed by atoms with Gasteiger partial charge in [-0.1, -0.05) is 5.21 Å². The molecular formula is C13H23N5. The van der Waals surface area contributed by atoms with Crippen molar-refractivity contribution in [3.8, 4) is 0 Å². The third kappa shape index (κ3) is 2.06. The van der Waals surface area contributed by atoms with Crippen LogP contribution < -0.4 is 0 Å². The van der Waals surface area contributed by atoms with E-state index in [0.717, 1.165) is 12.2 Å². The van der Waals surface area contributed by atoms with Crippen molar-refractivity contribution in [2.45, 2.75) is 51.4 Å². The molecule has 100 valence electrons. The molecule has 0 N–H and O–H groups in total. The Kier molecular flexibility index (Phi) is 2.71. The van der Waals surface area contributed by atoms with Crippen LogP contribution in [0.4, 0.5) is 0 Å². The van der Waals surface area contributed by atoms with Gasteiger partial charge in [0.1, 0.15) is 0 Å². The quantitative estimate of drug-likeness (QED) is 0.779. The van der Waals surface area contributed by atoms with Crippen molar-refractivity contribution in [2.24, 2.45) is 7.05 Å². The van der Waals surface area contributed by atoms with Crippen LogP contribution in [0.3, 0.4) is 0 Å². The standard InChI is InChI=1S/C13H23N5/c1-13(2,3)17-8-11-5-12(9-17)18(11)7-10-6-16(4)15-14-10/h6,11-12H,5,7-9H2,1-4H3. The fourth-order valence-electron chi connectivity index (χ4n) is 3.15. The van der Waals surface area contributed by atoms with Crippen molar-refractivity contribution in [3.63, 3.8) is 0 Å². The van der Waals surface area contributed by atoms with Crippen LogP contribution in [-0.2, 0) is 13.6 Å². The summed E-state index contributed by atoms with van der Waals surface area (Å²) in [7, 11) is 1.93. The number of aromatic nitrogens is 3. The molecule has 2 aliphatic heterocycles. The van der Waals surface area contributed by atoms with Gasteiger partial charge in [0.15, 0.2) is 0 Å². The Morgan fingerprint density at radius 1 is 1.28 bits per heavy atom. The highest BCUT2D eigenvalue weighted by molar-refractivity contribution is 5.06. The fourth-order valence-corrected chi connectivity index (χ4v) is 3.15. The number of likely N-dealkylation sites (tertiary alicyclic amines) is 2. The molecule has 5 heteroatoms. The number of piperidine rings is 1. The predicted octanol–water partition coefficient (Wildman–Crippen LogP) is 0.872. The number of nitrogens with zero attached hydrogens (tertiary/aromatic N) is 5. The van der Waals surface area contributed by atoms with Crippen molar-refractivity contribution < 1.29 is 0 Å². The van der Waals surface area contributed by atoms with Crippen LogP contribution in [0, 0.1) is 0 Å². The number of hydrogen-bond acceptors (Lipinski definition) is 4. The number of piperazine rings is 1. The molecule has 2 aliphatic rings. The normalized spacial score (nSPS) is 29.3. The van der Waals surface area contributed by atoms with Crippen LogP contribution in [0.15, 0.2) is 6.20 Å². The second-order valence-electron chi connectivity index (χ2n) is 6.68. The first-order valence-electron chi connectivity index (χ1n) is 6.79. The van der Waals surface area contributed by atoms with E-state index in [1.807, 2.05) is 13.2 Å². The lowest BCUT2D eigenvalue weighted by molar-refractivity contribution is -0.100. The van der Waals surface area contributed by atoms with Gasteiger partial charge in [0.25, 0.3) is 0 Å². The molecule has 1 aromatic rings. The molecule has 2 saturated heterocycles. The van der Waals surface area contributed by atoms with E-state index in [1.54, 1.807) is 4.68 Å². The Morgan fingerprint density at radius 2 is 1.94 bits per heavy atom. The van der Waals surface area contributed by atoms with Crippen LogP contribution in [0.25, 0.3) is 0 Å². The summed E-state index contributed by atoms with van der Waals surface area (Å²) < 4.78 is 1.78. The zero-order chi connectivity index (χ0) is 12.9. The molecule has 2 unspecified atom stereocenters. The van der Waals surface area contributed by atoms with E-state index in [4.69, 9.17) is 0 Å². The SMILES string of the molecule is Cn1cc(CN2C3CC2CN(C(C)(C)C)C3)nn1. The van der Waals surface area contributed by atoms with E-state index in [-0.39, 0.29) is 0 Å². The zero-order valence-corrected chi connectivity index (χ0v) is 11.8. The molecule has 3 heterocycles. The van der Waals surface area contributed by atoms with E-state index in [9.17, 15) is 0 Å². The predicted molar refractivity (Wildman–Crippen MR) is 70.1 cm³/mol. The van der Waals surface area contributed by atoms with Gasteiger partial charge in [-0.15, -0.1) is 5.10 Å². The summed E-state index contributed by atoms with van der Waals surface area (Å²) >= 11 is 0. The first kappa shape index (κ1) is 12.1. The summed E-state index contributed by atoms with van der Waals surface area (Å²) in [5.41, 5.74) is 1.40. The molecule has 5 nitrogen and oxygen atoms in total. The van der Waals surface area contributed by atoms with Crippen LogP contribution >= 0.6 is 0 Å². The van der Waals surface area contributed by atoms with Gasteiger partial charge in [0.05, 0.1) is 5.69 Å². The van der Waals surface area contributed by atoms with Crippen molar-refractivity contribution in [3.05, 3.63) is 11.9 Å². The van der Waals surface area contributed by atoms with Crippen LogP contribution in [-0.4, -0.2) is 55.5 Å². The highest BCUT2D eigenvalue weighted by Crippen LogP contribution is 2.36. The first-order valence-corrected chi connectivity index (χ1v) is 6.79. The number of aryl methyl sites for hydroxylation is 1. The highest BCUT2D eigenvalue weighted by Gasteiger charge is 2.46. The molecule has 3 rings (SSSR count). The Bertz CT molecular complexity index is 421. The molecule has 18 heavy (non-hydrogen) atoms. The van der Waals surface area contributed by atoms with Crippen LogP contribution in [0.5, 0.6) is 0 Å². The van der Waals surface area contributed by atoms with Gasteiger partial charge in [-0.05, 0) is 27.2 Å². The Morgan fingerprint density at radius 3 is 2.44 bits per heavy atom. The molecule has 2 atom stereocenters. The summed E-state index contributed by atoms with van der Waals surface area (Å²) in [6, 6.07) is 1.43. The summed E-state index contributed by atoms with van der Waals surface area (Å²) in [4.78, 5) is 5.20. The first-order chi connectivity index (χ1) is 8.43. The van der Waals surface area contributed by atoms with Gasteiger partial charge in [-0.2, -0.15) is 0 Å². The summed E-state index contributed by atoms with van der Waals surface area (Å²) in [5.74, 6) is 0. The maximum absolute atomic E-state index is 4.19. The minimum Gasteiger partial charge on any atom is -0.295 e. The molecule has 0 saturated carbocycles. The average molecular weight is 249 g/mol. The number of fused-ring (bicyclic) bond motifs is 2. The van der Waals surface area contributed by atoms with Crippen LogP contribution in [0.1, 0.15) is 32.9 Å².